The molecule has 2 atom stereocenters. The summed E-state index contributed by atoms with van der Waals surface area (Å²) in [6.07, 6.45) is 1.89. The Labute approximate surface area is 134 Å². The number of amides is 1. The molecule has 1 heterocycles. The second-order valence-corrected chi connectivity index (χ2v) is 6.93. The van der Waals surface area contributed by atoms with Gasteiger partial charge in [-0.15, -0.1) is 12.4 Å². The number of benzene rings is 1. The molecule has 1 saturated heterocycles. The second-order valence-electron chi connectivity index (χ2n) is 6.93. The molecule has 2 unspecified atom stereocenters. The highest BCUT2D eigenvalue weighted by Crippen LogP contribution is 2.29. The van der Waals surface area contributed by atoms with Crippen molar-refractivity contribution in [1.82, 2.24) is 10.6 Å². The van der Waals surface area contributed by atoms with E-state index in [4.69, 9.17) is 0 Å². The lowest BCUT2D eigenvalue weighted by Crippen LogP contribution is -2.36. The molecule has 1 aromatic carbocycles. The Bertz CT molecular complexity index is 436. The van der Waals surface area contributed by atoms with Crippen LogP contribution >= 0.6 is 12.4 Å². The molecule has 0 aliphatic carbocycles. The maximum Gasteiger partial charge on any atom is 0.224 e. The predicted molar refractivity (Wildman–Crippen MR) is 89.6 cm³/mol. The zero-order valence-electron chi connectivity index (χ0n) is 13.2. The minimum Gasteiger partial charge on any atom is -0.349 e. The number of hydrogen-bond donors (Lipinski definition) is 2. The standard InChI is InChI=1S/C17H26N2O.ClH/c1-17(2,3)11-15(13-7-5-4-6-8-13)19-16(20)14-9-10-18-12-14;/h4-8,14-15,18H,9-12H2,1-3H3,(H,19,20);1H. The lowest BCUT2D eigenvalue weighted by atomic mass is 9.85. The van der Waals surface area contributed by atoms with Crippen molar-refractivity contribution in [2.24, 2.45) is 11.3 Å². The van der Waals surface area contributed by atoms with Crippen molar-refractivity contribution in [3.05, 3.63) is 35.9 Å². The molecule has 0 radical (unpaired) electrons. The summed E-state index contributed by atoms with van der Waals surface area (Å²) in [5.74, 6) is 0.314. The Morgan fingerprint density at radius 2 is 2.00 bits per heavy atom. The van der Waals surface area contributed by atoms with Crippen LogP contribution in [0.1, 0.15) is 45.2 Å². The molecule has 0 spiro atoms. The van der Waals surface area contributed by atoms with Gasteiger partial charge in [-0.3, -0.25) is 4.79 Å². The van der Waals surface area contributed by atoms with Crippen LogP contribution < -0.4 is 10.6 Å². The van der Waals surface area contributed by atoms with Gasteiger partial charge < -0.3 is 10.6 Å². The average molecular weight is 311 g/mol. The van der Waals surface area contributed by atoms with Crippen molar-refractivity contribution in [3.63, 3.8) is 0 Å². The smallest absolute Gasteiger partial charge is 0.224 e. The number of rotatable bonds is 4. The van der Waals surface area contributed by atoms with Crippen molar-refractivity contribution >= 4 is 18.3 Å². The number of hydrogen-bond acceptors (Lipinski definition) is 2. The molecular weight excluding hydrogens is 284 g/mol. The van der Waals surface area contributed by atoms with Crippen LogP contribution in [0.5, 0.6) is 0 Å². The summed E-state index contributed by atoms with van der Waals surface area (Å²) in [6, 6.07) is 10.4. The van der Waals surface area contributed by atoms with E-state index in [1.807, 2.05) is 18.2 Å². The van der Waals surface area contributed by atoms with Crippen LogP contribution in [0.25, 0.3) is 0 Å². The van der Waals surface area contributed by atoms with E-state index < -0.39 is 0 Å². The van der Waals surface area contributed by atoms with Crippen molar-refractivity contribution < 1.29 is 4.79 Å². The maximum atomic E-state index is 12.4. The van der Waals surface area contributed by atoms with Crippen LogP contribution in [-0.2, 0) is 4.79 Å². The Hall–Kier alpha value is -1.06. The fraction of sp³-hybridized carbons (Fsp3) is 0.588. The first-order valence-corrected chi connectivity index (χ1v) is 7.52. The fourth-order valence-corrected chi connectivity index (χ4v) is 2.72. The van der Waals surface area contributed by atoms with Gasteiger partial charge in [0.15, 0.2) is 0 Å². The van der Waals surface area contributed by atoms with E-state index >= 15 is 0 Å². The highest BCUT2D eigenvalue weighted by atomic mass is 35.5. The van der Waals surface area contributed by atoms with Crippen molar-refractivity contribution in [3.8, 4) is 0 Å². The number of halogens is 1. The van der Waals surface area contributed by atoms with E-state index in [1.165, 1.54) is 5.56 Å². The first-order valence-electron chi connectivity index (χ1n) is 7.52. The van der Waals surface area contributed by atoms with Crippen LogP contribution in [0.2, 0.25) is 0 Å². The molecule has 1 aliphatic rings. The number of nitrogens with one attached hydrogen (secondary N) is 2. The van der Waals surface area contributed by atoms with E-state index in [9.17, 15) is 4.79 Å². The topological polar surface area (TPSA) is 41.1 Å². The maximum absolute atomic E-state index is 12.4. The number of carbonyl (C=O) groups is 1. The zero-order chi connectivity index (χ0) is 14.6. The van der Waals surface area contributed by atoms with Crippen LogP contribution in [0, 0.1) is 11.3 Å². The molecule has 0 saturated carbocycles. The zero-order valence-corrected chi connectivity index (χ0v) is 14.0. The molecule has 1 aliphatic heterocycles. The van der Waals surface area contributed by atoms with Gasteiger partial charge in [-0.2, -0.15) is 0 Å². The second kappa shape index (κ2) is 7.81. The van der Waals surface area contributed by atoms with Crippen LogP contribution in [-0.4, -0.2) is 19.0 Å². The minimum absolute atomic E-state index is 0. The minimum atomic E-state index is 0. The SMILES string of the molecule is CC(C)(C)CC(NC(=O)C1CCNC1)c1ccccc1.Cl. The first kappa shape index (κ1) is 18.0. The summed E-state index contributed by atoms with van der Waals surface area (Å²) < 4.78 is 0. The van der Waals surface area contributed by atoms with Gasteiger partial charge in [0.1, 0.15) is 0 Å². The third-order valence-electron chi connectivity index (χ3n) is 3.77. The largest absolute Gasteiger partial charge is 0.349 e. The molecule has 118 valence electrons. The third-order valence-corrected chi connectivity index (χ3v) is 3.77. The van der Waals surface area contributed by atoms with Gasteiger partial charge >= 0.3 is 0 Å². The summed E-state index contributed by atoms with van der Waals surface area (Å²) in [4.78, 5) is 12.4. The molecule has 3 nitrogen and oxygen atoms in total. The Kier molecular flexibility index (Phi) is 6.69. The molecular formula is C17H27ClN2O. The van der Waals surface area contributed by atoms with Gasteiger partial charge in [0, 0.05) is 6.54 Å². The molecule has 4 heteroatoms. The van der Waals surface area contributed by atoms with Crippen LogP contribution in [0.3, 0.4) is 0 Å². The van der Waals surface area contributed by atoms with Crippen LogP contribution in [0.15, 0.2) is 30.3 Å². The van der Waals surface area contributed by atoms with Gasteiger partial charge in [-0.1, -0.05) is 51.1 Å². The Morgan fingerprint density at radius 1 is 1.33 bits per heavy atom. The molecule has 21 heavy (non-hydrogen) atoms. The molecule has 2 N–H and O–H groups in total. The monoisotopic (exact) mass is 310 g/mol. The van der Waals surface area contributed by atoms with E-state index in [1.54, 1.807) is 0 Å². The molecule has 1 fully saturated rings. The summed E-state index contributed by atoms with van der Waals surface area (Å²) >= 11 is 0. The van der Waals surface area contributed by atoms with Gasteiger partial charge in [0.25, 0.3) is 0 Å². The Morgan fingerprint density at radius 3 is 2.52 bits per heavy atom. The van der Waals surface area contributed by atoms with Crippen LogP contribution in [0.4, 0.5) is 0 Å². The highest BCUT2D eigenvalue weighted by molar-refractivity contribution is 5.85. The van der Waals surface area contributed by atoms with Gasteiger partial charge in [0.2, 0.25) is 5.91 Å². The van der Waals surface area contributed by atoms with Crippen molar-refractivity contribution in [1.29, 1.82) is 0 Å². The average Bonchev–Trinajstić information content (AvgIpc) is 2.91. The van der Waals surface area contributed by atoms with Gasteiger partial charge in [-0.05, 0) is 30.4 Å². The van der Waals surface area contributed by atoms with Crippen molar-refractivity contribution in [2.75, 3.05) is 13.1 Å². The first-order chi connectivity index (χ1) is 9.46. The predicted octanol–water partition coefficient (Wildman–Crippen LogP) is 3.31. The molecule has 1 amide bonds. The molecule has 0 aromatic heterocycles. The van der Waals surface area contributed by atoms with E-state index in [-0.39, 0.29) is 35.7 Å². The number of carbonyl (C=O) groups excluding carboxylic acids is 1. The molecule has 2 rings (SSSR count). The normalized spacial score (nSPS) is 19.7. The fourth-order valence-electron chi connectivity index (χ4n) is 2.72. The molecule has 0 bridgehead atoms. The summed E-state index contributed by atoms with van der Waals surface area (Å²) in [5.41, 5.74) is 1.38. The quantitative estimate of drug-likeness (QED) is 0.896. The Balaban J connectivity index is 0.00000220. The third kappa shape index (κ3) is 5.68. The van der Waals surface area contributed by atoms with Crippen molar-refractivity contribution in [2.45, 2.75) is 39.7 Å². The van der Waals surface area contributed by atoms with E-state index in [0.29, 0.717) is 0 Å². The van der Waals surface area contributed by atoms with Gasteiger partial charge in [0.05, 0.1) is 12.0 Å². The summed E-state index contributed by atoms with van der Waals surface area (Å²) in [6.45, 7) is 8.40. The summed E-state index contributed by atoms with van der Waals surface area (Å²) in [7, 11) is 0. The molecule has 1 aromatic rings. The lowest BCUT2D eigenvalue weighted by Gasteiger charge is -2.28. The van der Waals surface area contributed by atoms with E-state index in [0.717, 1.165) is 25.9 Å². The lowest BCUT2D eigenvalue weighted by molar-refractivity contribution is -0.125. The van der Waals surface area contributed by atoms with Gasteiger partial charge in [-0.25, -0.2) is 0 Å². The van der Waals surface area contributed by atoms with E-state index in [2.05, 4.69) is 43.5 Å². The summed E-state index contributed by atoms with van der Waals surface area (Å²) in [5, 5.41) is 6.51. The highest BCUT2D eigenvalue weighted by Gasteiger charge is 2.27.